The second kappa shape index (κ2) is 8.41. The number of aliphatic imine (C=N–C) groups is 1. The lowest BCUT2D eigenvalue weighted by Crippen LogP contribution is -1.83. The lowest BCUT2D eigenvalue weighted by Gasteiger charge is -2.03. The van der Waals surface area contributed by atoms with Gasteiger partial charge in [-0.1, -0.05) is 55.2 Å². The average molecular weight is 353 g/mol. The van der Waals surface area contributed by atoms with Gasteiger partial charge < -0.3 is 0 Å². The summed E-state index contributed by atoms with van der Waals surface area (Å²) in [5.74, 6) is 6.47. The van der Waals surface area contributed by atoms with Crippen LogP contribution in [0.25, 0.3) is 11.1 Å². The van der Waals surface area contributed by atoms with Gasteiger partial charge in [-0.05, 0) is 78.1 Å². The SMILES string of the molecule is CCc1ccc(-c2ccc(C#Cc3ccc(N=C=S)cc3C)cc2)cc1. The van der Waals surface area contributed by atoms with Crippen molar-refractivity contribution in [3.05, 3.63) is 89.0 Å². The summed E-state index contributed by atoms with van der Waals surface area (Å²) in [5.41, 5.74) is 7.67. The van der Waals surface area contributed by atoms with Crippen molar-refractivity contribution in [1.29, 1.82) is 0 Å². The zero-order valence-electron chi connectivity index (χ0n) is 14.9. The molecule has 26 heavy (non-hydrogen) atoms. The van der Waals surface area contributed by atoms with Crippen molar-refractivity contribution in [3.63, 3.8) is 0 Å². The molecule has 0 spiro atoms. The van der Waals surface area contributed by atoms with Crippen LogP contribution in [-0.4, -0.2) is 5.16 Å². The van der Waals surface area contributed by atoms with Gasteiger partial charge in [-0.15, -0.1) is 0 Å². The molecule has 3 aromatic carbocycles. The van der Waals surface area contributed by atoms with Crippen molar-refractivity contribution in [2.75, 3.05) is 0 Å². The highest BCUT2D eigenvalue weighted by Crippen LogP contribution is 2.21. The van der Waals surface area contributed by atoms with Crippen LogP contribution in [0.2, 0.25) is 0 Å². The fourth-order valence-electron chi connectivity index (χ4n) is 2.73. The Morgan fingerprint density at radius 3 is 2.08 bits per heavy atom. The van der Waals surface area contributed by atoms with E-state index in [0.717, 1.165) is 28.8 Å². The molecule has 0 heterocycles. The third-order valence-corrected chi connectivity index (χ3v) is 4.40. The van der Waals surface area contributed by atoms with Crippen molar-refractivity contribution >= 4 is 23.1 Å². The van der Waals surface area contributed by atoms with E-state index < -0.39 is 0 Å². The van der Waals surface area contributed by atoms with Crippen LogP contribution in [-0.2, 0) is 6.42 Å². The van der Waals surface area contributed by atoms with Crippen LogP contribution in [0.4, 0.5) is 5.69 Å². The maximum absolute atomic E-state index is 4.64. The molecule has 0 saturated heterocycles. The second-order valence-electron chi connectivity index (χ2n) is 6.08. The van der Waals surface area contributed by atoms with Crippen molar-refractivity contribution in [3.8, 4) is 23.0 Å². The molecular weight excluding hydrogens is 334 g/mol. The Morgan fingerprint density at radius 2 is 1.50 bits per heavy atom. The number of hydrogen-bond donors (Lipinski definition) is 0. The van der Waals surface area contributed by atoms with E-state index in [-0.39, 0.29) is 0 Å². The van der Waals surface area contributed by atoms with Gasteiger partial charge in [0.05, 0.1) is 10.8 Å². The van der Waals surface area contributed by atoms with Gasteiger partial charge >= 0.3 is 0 Å². The quantitative estimate of drug-likeness (QED) is 0.303. The second-order valence-corrected chi connectivity index (χ2v) is 6.26. The molecule has 2 heteroatoms. The molecule has 0 fully saturated rings. The molecule has 0 atom stereocenters. The number of thiocarbonyl (C=S) groups is 1. The minimum atomic E-state index is 0.807. The van der Waals surface area contributed by atoms with Crippen LogP contribution in [0.5, 0.6) is 0 Å². The maximum atomic E-state index is 4.64. The summed E-state index contributed by atoms with van der Waals surface area (Å²) in [7, 11) is 0. The Balaban J connectivity index is 1.79. The first kappa shape index (κ1) is 17.8. The minimum absolute atomic E-state index is 0.807. The fraction of sp³-hybridized carbons (Fsp3) is 0.125. The van der Waals surface area contributed by atoms with E-state index in [4.69, 9.17) is 0 Å². The van der Waals surface area contributed by atoms with Crippen LogP contribution < -0.4 is 0 Å². The number of hydrogen-bond acceptors (Lipinski definition) is 2. The van der Waals surface area contributed by atoms with Crippen LogP contribution in [0, 0.1) is 18.8 Å². The molecule has 3 aromatic rings. The molecule has 1 nitrogen and oxygen atoms in total. The van der Waals surface area contributed by atoms with E-state index in [1.54, 1.807) is 0 Å². The fourth-order valence-corrected chi connectivity index (χ4v) is 2.83. The number of nitrogens with zero attached hydrogens (tertiary/aromatic N) is 1. The Bertz CT molecular complexity index is 1010. The summed E-state index contributed by atoms with van der Waals surface area (Å²) >= 11 is 4.64. The molecular formula is C24H19NS. The highest BCUT2D eigenvalue weighted by atomic mass is 32.1. The average Bonchev–Trinajstić information content (AvgIpc) is 2.68. The highest BCUT2D eigenvalue weighted by molar-refractivity contribution is 7.78. The predicted octanol–water partition coefficient (Wildman–Crippen LogP) is 6.36. The summed E-state index contributed by atoms with van der Waals surface area (Å²) in [6.07, 6.45) is 1.06. The van der Waals surface area contributed by atoms with Gasteiger partial charge in [0, 0.05) is 11.1 Å². The predicted molar refractivity (Wildman–Crippen MR) is 113 cm³/mol. The Kier molecular flexibility index (Phi) is 5.77. The summed E-state index contributed by atoms with van der Waals surface area (Å²) in [4.78, 5) is 3.99. The molecule has 0 bridgehead atoms. The van der Waals surface area contributed by atoms with Gasteiger partial charge in [0.1, 0.15) is 0 Å². The first-order chi connectivity index (χ1) is 12.7. The molecule has 0 aliphatic heterocycles. The van der Waals surface area contributed by atoms with Gasteiger partial charge in [-0.25, -0.2) is 0 Å². The summed E-state index contributed by atoms with van der Waals surface area (Å²) in [5, 5.41) is 2.39. The lowest BCUT2D eigenvalue weighted by molar-refractivity contribution is 1.14. The van der Waals surface area contributed by atoms with Gasteiger partial charge in [0.25, 0.3) is 0 Å². The smallest absolute Gasteiger partial charge is 0.0743 e. The molecule has 3 rings (SSSR count). The third-order valence-electron chi connectivity index (χ3n) is 4.31. The van der Waals surface area contributed by atoms with E-state index in [1.807, 2.05) is 25.1 Å². The Hall–Kier alpha value is -2.98. The first-order valence-electron chi connectivity index (χ1n) is 8.59. The van der Waals surface area contributed by atoms with Crippen LogP contribution in [0.1, 0.15) is 29.2 Å². The Morgan fingerprint density at radius 1 is 0.846 bits per heavy atom. The summed E-state index contributed by atoms with van der Waals surface area (Å²) in [6, 6.07) is 22.9. The van der Waals surface area contributed by atoms with E-state index in [0.29, 0.717) is 0 Å². The van der Waals surface area contributed by atoms with Gasteiger partial charge in [0.15, 0.2) is 0 Å². The van der Waals surface area contributed by atoms with E-state index in [2.05, 4.69) is 89.7 Å². The standard InChI is InChI=1S/C24H19NS/c1-3-19-4-10-22(11-5-19)23-12-7-20(8-13-23)6-9-21-14-15-24(25-17-26)16-18(21)2/h4-5,7-8,10-16H,3H2,1-2H3. The van der Waals surface area contributed by atoms with Crippen LogP contribution in [0.15, 0.2) is 71.7 Å². The lowest BCUT2D eigenvalue weighted by atomic mass is 10.0. The molecule has 0 aromatic heterocycles. The molecule has 0 radical (unpaired) electrons. The highest BCUT2D eigenvalue weighted by Gasteiger charge is 1.99. The zero-order valence-corrected chi connectivity index (χ0v) is 15.7. The maximum Gasteiger partial charge on any atom is 0.0743 e. The normalized spacial score (nSPS) is 9.77. The van der Waals surface area contributed by atoms with Crippen molar-refractivity contribution < 1.29 is 0 Å². The number of isothiocyanates is 1. The van der Waals surface area contributed by atoms with Crippen LogP contribution >= 0.6 is 12.2 Å². The minimum Gasteiger partial charge on any atom is -0.195 e. The number of aryl methyl sites for hydroxylation is 2. The van der Waals surface area contributed by atoms with Crippen molar-refractivity contribution in [1.82, 2.24) is 0 Å². The van der Waals surface area contributed by atoms with Crippen molar-refractivity contribution in [2.24, 2.45) is 4.99 Å². The topological polar surface area (TPSA) is 12.4 Å². The Labute approximate surface area is 160 Å². The number of benzene rings is 3. The monoisotopic (exact) mass is 353 g/mol. The molecule has 0 N–H and O–H groups in total. The van der Waals surface area contributed by atoms with E-state index >= 15 is 0 Å². The summed E-state index contributed by atoms with van der Waals surface area (Å²) < 4.78 is 0. The molecule has 126 valence electrons. The van der Waals surface area contributed by atoms with Crippen molar-refractivity contribution in [2.45, 2.75) is 20.3 Å². The van der Waals surface area contributed by atoms with E-state index in [1.165, 1.54) is 16.7 Å². The molecule has 0 unspecified atom stereocenters. The first-order valence-corrected chi connectivity index (χ1v) is 9.00. The number of rotatable bonds is 3. The molecule has 0 saturated carbocycles. The molecule has 0 aliphatic rings. The van der Waals surface area contributed by atoms with Gasteiger partial charge in [-0.2, -0.15) is 4.99 Å². The van der Waals surface area contributed by atoms with Gasteiger partial charge in [-0.3, -0.25) is 0 Å². The molecule has 0 amide bonds. The molecule has 0 aliphatic carbocycles. The third kappa shape index (κ3) is 4.35. The summed E-state index contributed by atoms with van der Waals surface area (Å²) in [6.45, 7) is 4.19. The van der Waals surface area contributed by atoms with Gasteiger partial charge in [0.2, 0.25) is 0 Å². The largest absolute Gasteiger partial charge is 0.195 e. The van der Waals surface area contributed by atoms with Crippen LogP contribution in [0.3, 0.4) is 0 Å². The van der Waals surface area contributed by atoms with E-state index in [9.17, 15) is 0 Å². The zero-order chi connectivity index (χ0) is 18.4.